The molecule has 3 N–H and O–H groups in total. The highest BCUT2D eigenvalue weighted by Gasteiger charge is 2.23. The largest absolute Gasteiger partial charge is 0.342 e. The first-order chi connectivity index (χ1) is 9.65. The second-order valence-electron chi connectivity index (χ2n) is 4.98. The van der Waals surface area contributed by atoms with E-state index in [0.29, 0.717) is 12.2 Å². The third kappa shape index (κ3) is 3.25. The van der Waals surface area contributed by atoms with Crippen LogP contribution in [-0.4, -0.2) is 27.6 Å². The molecule has 114 valence electrons. The summed E-state index contributed by atoms with van der Waals surface area (Å²) in [5.41, 5.74) is 3.52. The van der Waals surface area contributed by atoms with E-state index in [1.54, 1.807) is 11.3 Å². The van der Waals surface area contributed by atoms with Crippen molar-refractivity contribution < 1.29 is 4.79 Å². The Morgan fingerprint density at radius 3 is 3.05 bits per heavy atom. The molecule has 1 atom stereocenters. The number of thiazole rings is 1. The maximum atomic E-state index is 12.3. The van der Waals surface area contributed by atoms with Crippen molar-refractivity contribution in [2.24, 2.45) is 0 Å². The lowest BCUT2D eigenvalue weighted by atomic mass is 10.1. The molecule has 0 saturated carbocycles. The molecule has 8 heteroatoms. The molecule has 3 rings (SSSR count). The summed E-state index contributed by atoms with van der Waals surface area (Å²) in [6.45, 7) is 5.50. The average molecular weight is 328 g/mol. The van der Waals surface area contributed by atoms with E-state index in [1.807, 2.05) is 19.2 Å². The summed E-state index contributed by atoms with van der Waals surface area (Å²) in [6, 6.07) is -0.106. The van der Waals surface area contributed by atoms with Crippen LogP contribution in [0.4, 0.5) is 0 Å². The van der Waals surface area contributed by atoms with Crippen LogP contribution in [0.3, 0.4) is 0 Å². The number of nitrogens with zero attached hydrogens (tertiary/aromatic N) is 2. The van der Waals surface area contributed by atoms with Crippen LogP contribution < -0.4 is 10.6 Å². The Bertz CT molecular complexity index is 638. The van der Waals surface area contributed by atoms with Crippen molar-refractivity contribution in [2.75, 3.05) is 6.54 Å². The van der Waals surface area contributed by atoms with Gasteiger partial charge >= 0.3 is 0 Å². The van der Waals surface area contributed by atoms with Crippen molar-refractivity contribution >= 4 is 29.7 Å². The van der Waals surface area contributed by atoms with E-state index >= 15 is 0 Å². The Balaban J connectivity index is 0.00000161. The van der Waals surface area contributed by atoms with Gasteiger partial charge in [-0.2, -0.15) is 5.10 Å². The fourth-order valence-corrected chi connectivity index (χ4v) is 3.11. The number of fused-ring (bicyclic) bond motifs is 1. The second-order valence-corrected chi connectivity index (χ2v) is 5.87. The third-order valence-electron chi connectivity index (χ3n) is 3.38. The molecule has 0 aliphatic carbocycles. The number of aromatic amines is 1. The van der Waals surface area contributed by atoms with E-state index in [-0.39, 0.29) is 24.4 Å². The zero-order valence-electron chi connectivity index (χ0n) is 11.9. The summed E-state index contributed by atoms with van der Waals surface area (Å²) < 4.78 is 0. The maximum Gasteiger partial charge on any atom is 0.272 e. The zero-order valence-corrected chi connectivity index (χ0v) is 13.5. The van der Waals surface area contributed by atoms with E-state index < -0.39 is 0 Å². The predicted octanol–water partition coefficient (Wildman–Crippen LogP) is 1.73. The van der Waals surface area contributed by atoms with Crippen molar-refractivity contribution in [2.45, 2.75) is 32.9 Å². The molecule has 1 unspecified atom stereocenters. The number of carbonyl (C=O) groups excluding carboxylic acids is 1. The van der Waals surface area contributed by atoms with Gasteiger partial charge in [0.1, 0.15) is 5.01 Å². The molecular formula is C13H18ClN5OS. The number of rotatable bonds is 3. The highest BCUT2D eigenvalue weighted by atomic mass is 35.5. The Hall–Kier alpha value is -1.44. The highest BCUT2D eigenvalue weighted by molar-refractivity contribution is 7.09. The Kier molecular flexibility index (Phi) is 4.97. The van der Waals surface area contributed by atoms with Gasteiger partial charge in [-0.1, -0.05) is 0 Å². The number of hydrogen-bond acceptors (Lipinski definition) is 5. The second kappa shape index (κ2) is 6.55. The molecule has 1 amide bonds. The summed E-state index contributed by atoms with van der Waals surface area (Å²) in [5, 5.41) is 16.2. The minimum absolute atomic E-state index is 0. The normalized spacial score (nSPS) is 15.0. The number of amides is 1. The molecule has 1 aliphatic rings. The van der Waals surface area contributed by atoms with Crippen LogP contribution >= 0.6 is 23.7 Å². The molecule has 6 nitrogen and oxygen atoms in total. The van der Waals surface area contributed by atoms with Gasteiger partial charge in [0.2, 0.25) is 0 Å². The van der Waals surface area contributed by atoms with Gasteiger partial charge in [0, 0.05) is 41.8 Å². The molecule has 1 aliphatic heterocycles. The van der Waals surface area contributed by atoms with Gasteiger partial charge in [-0.25, -0.2) is 4.98 Å². The van der Waals surface area contributed by atoms with Gasteiger partial charge < -0.3 is 10.6 Å². The number of hydrogen-bond donors (Lipinski definition) is 3. The molecule has 0 radical (unpaired) electrons. The van der Waals surface area contributed by atoms with E-state index in [1.165, 1.54) is 0 Å². The van der Waals surface area contributed by atoms with E-state index in [4.69, 9.17) is 0 Å². The molecule has 0 bridgehead atoms. The van der Waals surface area contributed by atoms with Gasteiger partial charge in [0.15, 0.2) is 5.69 Å². The summed E-state index contributed by atoms with van der Waals surface area (Å²) in [6.07, 6.45) is 0.886. The Morgan fingerprint density at radius 2 is 2.33 bits per heavy atom. The summed E-state index contributed by atoms with van der Waals surface area (Å²) in [4.78, 5) is 16.7. The molecule has 2 aromatic rings. The number of carbonyl (C=O) groups is 1. The summed E-state index contributed by atoms with van der Waals surface area (Å²) in [7, 11) is 0. The maximum absolute atomic E-state index is 12.3. The molecule has 21 heavy (non-hydrogen) atoms. The van der Waals surface area contributed by atoms with Crippen molar-refractivity contribution in [1.29, 1.82) is 0 Å². The van der Waals surface area contributed by atoms with Gasteiger partial charge in [-0.15, -0.1) is 23.7 Å². The summed E-state index contributed by atoms with van der Waals surface area (Å²) in [5.74, 6) is -0.147. The number of aryl methyl sites for hydroxylation is 1. The topological polar surface area (TPSA) is 82.7 Å². The number of aromatic nitrogens is 3. The average Bonchev–Trinajstić information content (AvgIpc) is 3.04. The lowest BCUT2D eigenvalue weighted by molar-refractivity contribution is 0.0933. The van der Waals surface area contributed by atoms with E-state index in [2.05, 4.69) is 25.8 Å². The van der Waals surface area contributed by atoms with Crippen LogP contribution in [-0.2, 0) is 13.0 Å². The lowest BCUT2D eigenvalue weighted by Crippen LogP contribution is -2.30. The fourth-order valence-electron chi connectivity index (χ4n) is 2.31. The van der Waals surface area contributed by atoms with Crippen LogP contribution in [0.1, 0.15) is 45.4 Å². The zero-order chi connectivity index (χ0) is 14.1. The van der Waals surface area contributed by atoms with Gasteiger partial charge in [-0.05, 0) is 13.8 Å². The van der Waals surface area contributed by atoms with E-state index in [9.17, 15) is 4.79 Å². The quantitative estimate of drug-likeness (QED) is 0.802. The fraction of sp³-hybridized carbons (Fsp3) is 0.462. The minimum atomic E-state index is -0.147. The van der Waals surface area contributed by atoms with Crippen molar-refractivity contribution in [3.8, 4) is 0 Å². The third-order valence-corrected chi connectivity index (χ3v) is 4.52. The van der Waals surface area contributed by atoms with Crippen molar-refractivity contribution in [3.63, 3.8) is 0 Å². The molecule has 2 aromatic heterocycles. The van der Waals surface area contributed by atoms with Crippen LogP contribution in [0.5, 0.6) is 0 Å². The molecule has 0 aromatic carbocycles. The van der Waals surface area contributed by atoms with Crippen LogP contribution in [0.15, 0.2) is 5.38 Å². The van der Waals surface area contributed by atoms with Crippen LogP contribution in [0, 0.1) is 6.92 Å². The SMILES string of the molecule is Cc1csc(C(C)NC(=O)c2n[nH]c3c2CNCC3)n1.Cl. The van der Waals surface area contributed by atoms with Gasteiger partial charge in [0.05, 0.1) is 6.04 Å². The van der Waals surface area contributed by atoms with Crippen LogP contribution in [0.25, 0.3) is 0 Å². The lowest BCUT2D eigenvalue weighted by Gasteiger charge is -2.14. The molecular weight excluding hydrogens is 310 g/mol. The minimum Gasteiger partial charge on any atom is -0.342 e. The van der Waals surface area contributed by atoms with Gasteiger partial charge in [0.25, 0.3) is 5.91 Å². The van der Waals surface area contributed by atoms with Crippen molar-refractivity contribution in [1.82, 2.24) is 25.8 Å². The first-order valence-electron chi connectivity index (χ1n) is 6.65. The smallest absolute Gasteiger partial charge is 0.272 e. The molecule has 0 saturated heterocycles. The highest BCUT2D eigenvalue weighted by Crippen LogP contribution is 2.19. The monoisotopic (exact) mass is 327 g/mol. The Labute approximate surface area is 133 Å². The van der Waals surface area contributed by atoms with Crippen LogP contribution in [0.2, 0.25) is 0 Å². The first kappa shape index (κ1) is 15.9. The van der Waals surface area contributed by atoms with E-state index in [0.717, 1.165) is 34.9 Å². The molecule has 0 spiro atoms. The molecule has 3 heterocycles. The standard InChI is InChI=1S/C13H17N5OS.ClH/c1-7-6-20-13(15-7)8(2)16-12(19)11-9-5-14-4-3-10(9)17-18-11;/h6,8,14H,3-5H2,1-2H3,(H,16,19)(H,17,18);1H. The summed E-state index contributed by atoms with van der Waals surface area (Å²) >= 11 is 1.56. The van der Waals surface area contributed by atoms with Gasteiger partial charge in [-0.3, -0.25) is 9.89 Å². The molecule has 0 fully saturated rings. The predicted molar refractivity (Wildman–Crippen MR) is 84.0 cm³/mol. The number of halogens is 1. The number of H-pyrrole nitrogens is 1. The number of nitrogens with one attached hydrogen (secondary N) is 3. The van der Waals surface area contributed by atoms with Crippen molar-refractivity contribution in [3.05, 3.63) is 33.0 Å². The Morgan fingerprint density at radius 1 is 1.52 bits per heavy atom. The first-order valence-corrected chi connectivity index (χ1v) is 7.53.